The van der Waals surface area contributed by atoms with Gasteiger partial charge in [-0.15, -0.1) is 0 Å². The second-order valence-corrected chi connectivity index (χ2v) is 4.51. The summed E-state index contributed by atoms with van der Waals surface area (Å²) < 4.78 is 0. The van der Waals surface area contributed by atoms with Crippen LogP contribution in [0.2, 0.25) is 0 Å². The van der Waals surface area contributed by atoms with Crippen molar-refractivity contribution < 1.29 is 15.0 Å². The molecule has 2 bridgehead atoms. The molecule has 0 aromatic carbocycles. The highest BCUT2D eigenvalue weighted by Crippen LogP contribution is 2.44. The number of carbonyl (C=O) groups is 1. The van der Waals surface area contributed by atoms with Crippen molar-refractivity contribution in [1.82, 2.24) is 0 Å². The van der Waals surface area contributed by atoms with Crippen LogP contribution in [-0.4, -0.2) is 22.3 Å². The highest BCUT2D eigenvalue weighted by Gasteiger charge is 2.41. The average molecular weight is 184 g/mol. The number of aliphatic hydroxyl groups is 1. The van der Waals surface area contributed by atoms with Crippen LogP contribution >= 0.6 is 0 Å². The van der Waals surface area contributed by atoms with Crippen molar-refractivity contribution in [3.05, 3.63) is 0 Å². The topological polar surface area (TPSA) is 57.5 Å². The van der Waals surface area contributed by atoms with Gasteiger partial charge in [-0.2, -0.15) is 0 Å². The molecule has 0 heterocycles. The van der Waals surface area contributed by atoms with E-state index >= 15 is 0 Å². The molecule has 4 unspecified atom stereocenters. The van der Waals surface area contributed by atoms with Crippen molar-refractivity contribution in [3.63, 3.8) is 0 Å². The van der Waals surface area contributed by atoms with E-state index in [-0.39, 0.29) is 12.0 Å². The number of hydrogen-bond acceptors (Lipinski definition) is 2. The van der Waals surface area contributed by atoms with E-state index in [2.05, 4.69) is 0 Å². The first kappa shape index (κ1) is 9.00. The number of fused-ring (bicyclic) bond motifs is 2. The Hall–Kier alpha value is -0.570. The lowest BCUT2D eigenvalue weighted by Crippen LogP contribution is -2.21. The number of aliphatic carboxylic acids is 1. The predicted molar refractivity (Wildman–Crippen MR) is 47.2 cm³/mol. The van der Waals surface area contributed by atoms with Gasteiger partial charge in [0.25, 0.3) is 0 Å². The fourth-order valence-corrected chi connectivity index (χ4v) is 2.96. The predicted octanol–water partition coefficient (Wildman–Crippen LogP) is 1.26. The Bertz CT molecular complexity index is 214. The molecule has 0 aromatic rings. The first-order chi connectivity index (χ1) is 6.16. The third-order valence-corrected chi connectivity index (χ3v) is 3.59. The highest BCUT2D eigenvalue weighted by atomic mass is 16.4. The van der Waals surface area contributed by atoms with Gasteiger partial charge in [-0.1, -0.05) is 0 Å². The van der Waals surface area contributed by atoms with Crippen LogP contribution in [0.3, 0.4) is 0 Å². The second-order valence-electron chi connectivity index (χ2n) is 4.51. The maximum Gasteiger partial charge on any atom is 0.306 e. The summed E-state index contributed by atoms with van der Waals surface area (Å²) >= 11 is 0. The van der Waals surface area contributed by atoms with E-state index in [4.69, 9.17) is 5.11 Å². The smallest absolute Gasteiger partial charge is 0.306 e. The monoisotopic (exact) mass is 184 g/mol. The van der Waals surface area contributed by atoms with Crippen molar-refractivity contribution >= 4 is 5.97 Å². The molecule has 3 nitrogen and oxygen atoms in total. The Kier molecular flexibility index (Phi) is 2.28. The normalized spacial score (nSPS) is 44.4. The number of carboxylic acids is 1. The zero-order valence-electron chi connectivity index (χ0n) is 7.65. The summed E-state index contributed by atoms with van der Waals surface area (Å²) in [6.07, 6.45) is 4.15. The quantitative estimate of drug-likeness (QED) is 0.645. The first-order valence-corrected chi connectivity index (χ1v) is 5.07. The lowest BCUT2D eigenvalue weighted by molar-refractivity contribution is -0.143. The molecule has 0 aliphatic heterocycles. The van der Waals surface area contributed by atoms with Gasteiger partial charge in [-0.05, 0) is 43.9 Å². The molecule has 2 aliphatic rings. The van der Waals surface area contributed by atoms with E-state index in [1.165, 1.54) is 0 Å². The fraction of sp³-hybridized carbons (Fsp3) is 0.900. The van der Waals surface area contributed by atoms with Crippen molar-refractivity contribution in [2.75, 3.05) is 0 Å². The van der Waals surface area contributed by atoms with Crippen LogP contribution in [0.25, 0.3) is 0 Å². The summed E-state index contributed by atoms with van der Waals surface area (Å²) in [6.45, 7) is 0. The summed E-state index contributed by atoms with van der Waals surface area (Å²) in [6, 6.07) is 0. The Labute approximate surface area is 77.8 Å². The van der Waals surface area contributed by atoms with E-state index in [0.717, 1.165) is 32.1 Å². The fourth-order valence-electron chi connectivity index (χ4n) is 2.96. The van der Waals surface area contributed by atoms with E-state index in [0.29, 0.717) is 11.8 Å². The molecule has 74 valence electrons. The number of aliphatic hydroxyl groups excluding tert-OH is 1. The van der Waals surface area contributed by atoms with Crippen LogP contribution in [0.5, 0.6) is 0 Å². The first-order valence-electron chi connectivity index (χ1n) is 5.07. The molecule has 4 atom stereocenters. The number of hydrogen-bond donors (Lipinski definition) is 2. The van der Waals surface area contributed by atoms with E-state index in [1.807, 2.05) is 0 Å². The summed E-state index contributed by atoms with van der Waals surface area (Å²) in [5.41, 5.74) is 0. The van der Waals surface area contributed by atoms with Gasteiger partial charge in [-0.3, -0.25) is 4.79 Å². The van der Waals surface area contributed by atoms with Gasteiger partial charge in [0.15, 0.2) is 0 Å². The molecule has 13 heavy (non-hydrogen) atoms. The van der Waals surface area contributed by atoms with E-state index < -0.39 is 5.97 Å². The third kappa shape index (κ3) is 1.70. The van der Waals surface area contributed by atoms with Gasteiger partial charge in [0.1, 0.15) is 0 Å². The molecule has 2 saturated carbocycles. The van der Waals surface area contributed by atoms with E-state index in [9.17, 15) is 9.90 Å². The van der Waals surface area contributed by atoms with Crippen molar-refractivity contribution in [2.45, 2.75) is 38.2 Å². The Balaban J connectivity index is 2.06. The van der Waals surface area contributed by atoms with Gasteiger partial charge in [0.2, 0.25) is 0 Å². The van der Waals surface area contributed by atoms with Gasteiger partial charge in [-0.25, -0.2) is 0 Å². The average Bonchev–Trinajstić information content (AvgIpc) is 2.33. The molecule has 2 aliphatic carbocycles. The standard InChI is InChI=1S/C10H16O3/c11-8-2-1-7-3-6(4-8)5-9(7)10(12)13/h6-9,11H,1-5H2,(H,12,13). The molecule has 3 heteroatoms. The Morgan fingerprint density at radius 1 is 1.15 bits per heavy atom. The SMILES string of the molecule is O=C(O)C1CC2CC(O)CCC1C2. The molecule has 2 rings (SSSR count). The minimum Gasteiger partial charge on any atom is -0.481 e. The molecule has 0 amide bonds. The van der Waals surface area contributed by atoms with Crippen LogP contribution in [0.4, 0.5) is 0 Å². The van der Waals surface area contributed by atoms with Gasteiger partial charge >= 0.3 is 5.97 Å². The molecule has 0 aromatic heterocycles. The zero-order chi connectivity index (χ0) is 9.42. The van der Waals surface area contributed by atoms with Crippen LogP contribution < -0.4 is 0 Å². The van der Waals surface area contributed by atoms with Crippen LogP contribution in [-0.2, 0) is 4.79 Å². The molecule has 0 saturated heterocycles. The Morgan fingerprint density at radius 2 is 1.92 bits per heavy atom. The number of carboxylic acid groups (broad SMARTS) is 1. The minimum absolute atomic E-state index is 0.127. The highest BCUT2D eigenvalue weighted by molar-refractivity contribution is 5.70. The van der Waals surface area contributed by atoms with Crippen LogP contribution in [0.15, 0.2) is 0 Å². The zero-order valence-corrected chi connectivity index (χ0v) is 7.65. The van der Waals surface area contributed by atoms with E-state index in [1.54, 1.807) is 0 Å². The molecular formula is C10H16O3. The van der Waals surface area contributed by atoms with Gasteiger partial charge in [0, 0.05) is 0 Å². The summed E-state index contributed by atoms with van der Waals surface area (Å²) in [5.74, 6) is 0.0321. The molecule has 0 radical (unpaired) electrons. The molecule has 2 fully saturated rings. The maximum atomic E-state index is 10.9. The van der Waals surface area contributed by atoms with Crippen LogP contribution in [0.1, 0.15) is 32.1 Å². The lowest BCUT2D eigenvalue weighted by Gasteiger charge is -2.18. The summed E-state index contributed by atoms with van der Waals surface area (Å²) in [5, 5.41) is 18.4. The number of rotatable bonds is 1. The van der Waals surface area contributed by atoms with Gasteiger partial charge < -0.3 is 10.2 Å². The van der Waals surface area contributed by atoms with Crippen LogP contribution in [0, 0.1) is 17.8 Å². The minimum atomic E-state index is -0.635. The van der Waals surface area contributed by atoms with Crippen molar-refractivity contribution in [2.24, 2.45) is 17.8 Å². The Morgan fingerprint density at radius 3 is 2.62 bits per heavy atom. The maximum absolute atomic E-state index is 10.9. The van der Waals surface area contributed by atoms with Crippen molar-refractivity contribution in [1.29, 1.82) is 0 Å². The van der Waals surface area contributed by atoms with Crippen molar-refractivity contribution in [3.8, 4) is 0 Å². The summed E-state index contributed by atoms with van der Waals surface area (Å²) in [7, 11) is 0. The third-order valence-electron chi connectivity index (χ3n) is 3.59. The molecule has 2 N–H and O–H groups in total. The molecular weight excluding hydrogens is 168 g/mol. The largest absolute Gasteiger partial charge is 0.481 e. The molecule has 0 spiro atoms. The second kappa shape index (κ2) is 3.29. The lowest BCUT2D eigenvalue weighted by atomic mass is 9.89. The van der Waals surface area contributed by atoms with Gasteiger partial charge in [0.05, 0.1) is 12.0 Å². The summed E-state index contributed by atoms with van der Waals surface area (Å²) in [4.78, 5) is 10.9.